The number of sulfonamides is 1. The first-order chi connectivity index (χ1) is 13.4. The Balaban J connectivity index is 1.48. The number of aromatic amines is 1. The number of aryl methyl sites for hydroxylation is 1. The van der Waals surface area contributed by atoms with Crippen LogP contribution in [0.1, 0.15) is 24.8 Å². The molecule has 2 atom stereocenters. The summed E-state index contributed by atoms with van der Waals surface area (Å²) in [5, 5.41) is 6.81. The van der Waals surface area contributed by atoms with Gasteiger partial charge in [0.25, 0.3) is 0 Å². The number of benzene rings is 1. The highest BCUT2D eigenvalue weighted by molar-refractivity contribution is 7.89. The normalized spacial score (nSPS) is 22.8. The van der Waals surface area contributed by atoms with Crippen molar-refractivity contribution in [1.82, 2.24) is 19.5 Å². The van der Waals surface area contributed by atoms with Gasteiger partial charge in [-0.1, -0.05) is 12.5 Å². The van der Waals surface area contributed by atoms with Crippen LogP contribution in [0.5, 0.6) is 0 Å². The van der Waals surface area contributed by atoms with Crippen LogP contribution in [0.25, 0.3) is 22.3 Å². The zero-order chi connectivity index (χ0) is 19.5. The SMILES string of the molecule is Cc1cc(S(=O)(=O)N2CC3CCCC3C2)ccc1-c1ccc2[nH]nc(N)c2n1. The molecule has 1 saturated carbocycles. The van der Waals surface area contributed by atoms with Crippen LogP contribution in [-0.2, 0) is 10.0 Å². The lowest BCUT2D eigenvalue weighted by Gasteiger charge is -2.18. The summed E-state index contributed by atoms with van der Waals surface area (Å²) in [7, 11) is -3.46. The Bertz CT molecular complexity index is 1160. The third kappa shape index (κ3) is 2.70. The summed E-state index contributed by atoms with van der Waals surface area (Å²) in [5.74, 6) is 1.42. The fraction of sp³-hybridized carbons (Fsp3) is 0.400. The zero-order valence-electron chi connectivity index (χ0n) is 15.7. The Hall–Kier alpha value is -2.45. The van der Waals surface area contributed by atoms with Gasteiger partial charge in [-0.3, -0.25) is 5.10 Å². The van der Waals surface area contributed by atoms with Gasteiger partial charge in [-0.2, -0.15) is 9.40 Å². The molecule has 146 valence electrons. The van der Waals surface area contributed by atoms with Gasteiger partial charge in [0.1, 0.15) is 5.52 Å². The van der Waals surface area contributed by atoms with Crippen molar-refractivity contribution >= 4 is 26.9 Å². The van der Waals surface area contributed by atoms with Gasteiger partial charge in [-0.15, -0.1) is 0 Å². The number of nitrogens with one attached hydrogen (secondary N) is 1. The van der Waals surface area contributed by atoms with Crippen molar-refractivity contribution in [2.45, 2.75) is 31.1 Å². The van der Waals surface area contributed by atoms with E-state index in [4.69, 9.17) is 5.73 Å². The fourth-order valence-electron chi connectivity index (χ4n) is 4.69. The minimum Gasteiger partial charge on any atom is -0.380 e. The van der Waals surface area contributed by atoms with Gasteiger partial charge in [-0.05, 0) is 61.4 Å². The summed E-state index contributed by atoms with van der Waals surface area (Å²) in [6.07, 6.45) is 3.54. The van der Waals surface area contributed by atoms with E-state index in [9.17, 15) is 8.42 Å². The standard InChI is InChI=1S/C20H23N5O2S/c1-12-9-15(28(26,27)25-10-13-3-2-4-14(13)11-25)5-6-16(12)17-7-8-18-19(22-17)20(21)24-23-18/h5-9,13-14H,2-4,10-11H2,1H3,(H3,21,23,24). The van der Waals surface area contributed by atoms with Crippen molar-refractivity contribution in [3.63, 3.8) is 0 Å². The minimum atomic E-state index is -3.46. The maximum atomic E-state index is 13.1. The minimum absolute atomic E-state index is 0.355. The third-order valence-electron chi connectivity index (χ3n) is 6.24. The molecule has 1 aliphatic heterocycles. The number of H-pyrrole nitrogens is 1. The number of anilines is 1. The summed E-state index contributed by atoms with van der Waals surface area (Å²) >= 11 is 0. The average Bonchev–Trinajstić information content (AvgIpc) is 3.37. The smallest absolute Gasteiger partial charge is 0.243 e. The lowest BCUT2D eigenvalue weighted by molar-refractivity contribution is 0.445. The second-order valence-corrected chi connectivity index (χ2v) is 9.89. The molecule has 2 aromatic heterocycles. The largest absolute Gasteiger partial charge is 0.380 e. The lowest BCUT2D eigenvalue weighted by atomic mass is 10.0. The van der Waals surface area contributed by atoms with Crippen molar-refractivity contribution in [2.75, 3.05) is 18.8 Å². The molecule has 28 heavy (non-hydrogen) atoms. The quantitative estimate of drug-likeness (QED) is 0.707. The average molecular weight is 398 g/mol. The molecule has 2 unspecified atom stereocenters. The molecule has 0 amide bonds. The predicted molar refractivity (Wildman–Crippen MR) is 108 cm³/mol. The van der Waals surface area contributed by atoms with Crippen LogP contribution < -0.4 is 5.73 Å². The van der Waals surface area contributed by atoms with E-state index in [1.807, 2.05) is 25.1 Å². The van der Waals surface area contributed by atoms with E-state index in [1.54, 1.807) is 16.4 Å². The Labute approximate surface area is 164 Å². The van der Waals surface area contributed by atoms with E-state index < -0.39 is 10.0 Å². The van der Waals surface area contributed by atoms with Gasteiger partial charge < -0.3 is 5.73 Å². The number of hydrogen-bond acceptors (Lipinski definition) is 5. The van der Waals surface area contributed by atoms with Crippen LogP contribution >= 0.6 is 0 Å². The molecule has 1 aromatic carbocycles. The Morgan fingerprint density at radius 2 is 1.89 bits per heavy atom. The number of aromatic nitrogens is 3. The van der Waals surface area contributed by atoms with Crippen LogP contribution in [0, 0.1) is 18.8 Å². The van der Waals surface area contributed by atoms with Gasteiger partial charge >= 0.3 is 0 Å². The number of fused-ring (bicyclic) bond motifs is 2. The molecule has 0 spiro atoms. The van der Waals surface area contributed by atoms with E-state index in [2.05, 4.69) is 15.2 Å². The van der Waals surface area contributed by atoms with Crippen molar-refractivity contribution < 1.29 is 8.42 Å². The summed E-state index contributed by atoms with van der Waals surface area (Å²) in [5.41, 5.74) is 9.77. The van der Waals surface area contributed by atoms with Crippen molar-refractivity contribution in [1.29, 1.82) is 0 Å². The van der Waals surface area contributed by atoms with E-state index in [0.29, 0.717) is 41.2 Å². The first-order valence-corrected chi connectivity index (χ1v) is 11.1. The maximum absolute atomic E-state index is 13.1. The molecule has 1 saturated heterocycles. The predicted octanol–water partition coefficient (Wildman–Crippen LogP) is 2.94. The third-order valence-corrected chi connectivity index (χ3v) is 8.07. The molecule has 3 heterocycles. The van der Waals surface area contributed by atoms with Crippen LogP contribution in [0.3, 0.4) is 0 Å². The van der Waals surface area contributed by atoms with Crippen molar-refractivity contribution in [3.8, 4) is 11.3 Å². The van der Waals surface area contributed by atoms with Crippen molar-refractivity contribution in [3.05, 3.63) is 35.9 Å². The monoisotopic (exact) mass is 397 g/mol. The summed E-state index contributed by atoms with van der Waals surface area (Å²) in [6.45, 7) is 3.23. The molecule has 0 radical (unpaired) electrons. The number of pyridine rings is 1. The Kier molecular flexibility index (Phi) is 3.96. The number of hydrogen-bond donors (Lipinski definition) is 2. The molecular formula is C20H23N5O2S. The Morgan fingerprint density at radius 3 is 2.61 bits per heavy atom. The molecular weight excluding hydrogens is 374 g/mol. The first-order valence-electron chi connectivity index (χ1n) is 9.65. The van der Waals surface area contributed by atoms with Gasteiger partial charge in [0.2, 0.25) is 10.0 Å². The Morgan fingerprint density at radius 1 is 1.14 bits per heavy atom. The summed E-state index contributed by atoms with van der Waals surface area (Å²) in [6, 6.07) is 9.05. The highest BCUT2D eigenvalue weighted by atomic mass is 32.2. The van der Waals surface area contributed by atoms with Crippen molar-refractivity contribution in [2.24, 2.45) is 11.8 Å². The molecule has 0 bridgehead atoms. The first kappa shape index (κ1) is 17.6. The van der Waals surface area contributed by atoms with E-state index in [0.717, 1.165) is 35.2 Å². The highest BCUT2D eigenvalue weighted by Gasteiger charge is 2.41. The molecule has 1 aliphatic carbocycles. The van der Waals surface area contributed by atoms with Gasteiger partial charge in [-0.25, -0.2) is 13.4 Å². The molecule has 2 fully saturated rings. The second-order valence-electron chi connectivity index (χ2n) is 7.95. The zero-order valence-corrected chi connectivity index (χ0v) is 16.5. The van der Waals surface area contributed by atoms with Crippen LogP contribution in [0.4, 0.5) is 5.82 Å². The highest BCUT2D eigenvalue weighted by Crippen LogP contribution is 2.40. The number of nitrogens with two attached hydrogens (primary N) is 1. The molecule has 5 rings (SSSR count). The van der Waals surface area contributed by atoms with E-state index in [1.165, 1.54) is 6.42 Å². The summed E-state index contributed by atoms with van der Waals surface area (Å²) < 4.78 is 27.9. The topological polar surface area (TPSA) is 105 Å². The lowest BCUT2D eigenvalue weighted by Crippen LogP contribution is -2.29. The van der Waals surface area contributed by atoms with Gasteiger partial charge in [0.05, 0.1) is 16.1 Å². The number of nitrogens with zero attached hydrogens (tertiary/aromatic N) is 3. The molecule has 3 aromatic rings. The van der Waals surface area contributed by atoms with E-state index >= 15 is 0 Å². The van der Waals surface area contributed by atoms with Crippen LogP contribution in [0.2, 0.25) is 0 Å². The summed E-state index contributed by atoms with van der Waals surface area (Å²) in [4.78, 5) is 4.95. The fourth-order valence-corrected chi connectivity index (χ4v) is 6.33. The molecule has 2 aliphatic rings. The van der Waals surface area contributed by atoms with Crippen LogP contribution in [-0.4, -0.2) is 41.0 Å². The number of nitrogen functional groups attached to an aromatic ring is 1. The van der Waals surface area contributed by atoms with Crippen LogP contribution in [0.15, 0.2) is 35.2 Å². The van der Waals surface area contributed by atoms with Gasteiger partial charge in [0, 0.05) is 18.7 Å². The molecule has 3 N–H and O–H groups in total. The maximum Gasteiger partial charge on any atom is 0.243 e. The second kappa shape index (κ2) is 6.28. The molecule has 7 nitrogen and oxygen atoms in total. The van der Waals surface area contributed by atoms with E-state index in [-0.39, 0.29) is 0 Å². The van der Waals surface area contributed by atoms with Gasteiger partial charge in [0.15, 0.2) is 5.82 Å². The molecule has 8 heteroatoms. The number of rotatable bonds is 3.